The first-order chi connectivity index (χ1) is 17.9. The van der Waals surface area contributed by atoms with Gasteiger partial charge in [-0.05, 0) is 121 Å². The molecule has 3 unspecified atom stereocenters. The molecule has 4 nitrogen and oxygen atoms in total. The molecule has 5 heteroatoms. The number of carbonyl (C=O) groups is 1. The van der Waals surface area contributed by atoms with Gasteiger partial charge in [0.05, 0.1) is 11.9 Å². The Morgan fingerprint density at radius 3 is 2.68 bits per heavy atom. The molecule has 200 valence electrons. The Morgan fingerprint density at radius 2 is 1.89 bits per heavy atom. The summed E-state index contributed by atoms with van der Waals surface area (Å²) in [4.78, 5) is 11.3. The first-order valence-corrected chi connectivity index (χ1v) is 15.4. The van der Waals surface area contributed by atoms with Crippen molar-refractivity contribution in [2.45, 2.75) is 82.7 Å². The van der Waals surface area contributed by atoms with Crippen molar-refractivity contribution in [1.29, 1.82) is 0 Å². The maximum atomic E-state index is 11.3. The van der Waals surface area contributed by atoms with E-state index in [1.54, 1.807) is 18.8 Å². The molecular formula is C32H43NO3S. The van der Waals surface area contributed by atoms with E-state index in [1.165, 1.54) is 35.1 Å². The number of thioether (sulfide) groups is 1. The van der Waals surface area contributed by atoms with Gasteiger partial charge in [-0.1, -0.05) is 43.7 Å². The topological polar surface area (TPSA) is 69.6 Å². The summed E-state index contributed by atoms with van der Waals surface area (Å²) in [6.07, 6.45) is 9.72. The van der Waals surface area contributed by atoms with Gasteiger partial charge in [0.15, 0.2) is 0 Å². The van der Waals surface area contributed by atoms with Crippen molar-refractivity contribution < 1.29 is 15.0 Å². The van der Waals surface area contributed by atoms with Crippen LogP contribution in [0.3, 0.4) is 0 Å². The molecule has 1 amide bonds. The molecule has 2 aromatic carbocycles. The van der Waals surface area contributed by atoms with Crippen LogP contribution in [0.25, 0.3) is 0 Å². The van der Waals surface area contributed by atoms with Crippen LogP contribution >= 0.6 is 11.8 Å². The molecule has 37 heavy (non-hydrogen) atoms. The summed E-state index contributed by atoms with van der Waals surface area (Å²) in [5.41, 5.74) is 5.55. The zero-order chi connectivity index (χ0) is 26.0. The molecule has 5 rings (SSSR count). The summed E-state index contributed by atoms with van der Waals surface area (Å²) in [5, 5.41) is 23.9. The van der Waals surface area contributed by atoms with Gasteiger partial charge in [-0.2, -0.15) is 11.8 Å². The lowest BCUT2D eigenvalue weighted by molar-refractivity contribution is -0.118. The van der Waals surface area contributed by atoms with Gasteiger partial charge in [-0.3, -0.25) is 4.79 Å². The number of nitrogens with one attached hydrogen (secondary N) is 1. The van der Waals surface area contributed by atoms with Gasteiger partial charge in [0, 0.05) is 7.05 Å². The van der Waals surface area contributed by atoms with Crippen molar-refractivity contribution in [3.05, 3.63) is 64.7 Å². The highest BCUT2D eigenvalue weighted by atomic mass is 32.2. The van der Waals surface area contributed by atoms with Crippen molar-refractivity contribution >= 4 is 17.7 Å². The van der Waals surface area contributed by atoms with Gasteiger partial charge in [-0.15, -0.1) is 0 Å². The normalized spacial score (nSPS) is 30.3. The molecule has 0 aromatic heterocycles. The zero-order valence-electron chi connectivity index (χ0n) is 22.4. The van der Waals surface area contributed by atoms with Crippen LogP contribution in [0.1, 0.15) is 86.0 Å². The Morgan fingerprint density at radius 1 is 1.08 bits per heavy atom. The van der Waals surface area contributed by atoms with Crippen LogP contribution in [-0.4, -0.2) is 40.8 Å². The Bertz CT molecular complexity index is 1090. The molecule has 0 saturated heterocycles. The van der Waals surface area contributed by atoms with Crippen molar-refractivity contribution in [3.63, 3.8) is 0 Å². The highest BCUT2D eigenvalue weighted by Gasteiger charge is 2.57. The molecule has 0 bridgehead atoms. The lowest BCUT2D eigenvalue weighted by atomic mass is 9.51. The summed E-state index contributed by atoms with van der Waals surface area (Å²) in [7, 11) is 1.69. The number of phenolic OH excluding ortho intramolecular Hbond substituents is 1. The van der Waals surface area contributed by atoms with Crippen molar-refractivity contribution in [2.24, 2.45) is 17.3 Å². The Balaban J connectivity index is 1.28. The Labute approximate surface area is 226 Å². The molecule has 6 atom stereocenters. The molecule has 3 aliphatic rings. The smallest absolute Gasteiger partial charge is 0.229 e. The van der Waals surface area contributed by atoms with Crippen LogP contribution < -0.4 is 5.32 Å². The fourth-order valence-corrected chi connectivity index (χ4v) is 8.75. The number of unbranched alkanes of at least 4 members (excludes halogenated alkanes) is 2. The summed E-state index contributed by atoms with van der Waals surface area (Å²) in [6.45, 7) is 2.35. The number of amides is 1. The third-order valence-electron chi connectivity index (χ3n) is 9.84. The highest BCUT2D eigenvalue weighted by molar-refractivity contribution is 7.99. The fraction of sp³-hybridized carbons (Fsp3) is 0.594. The van der Waals surface area contributed by atoms with E-state index in [-0.39, 0.29) is 17.4 Å². The minimum Gasteiger partial charge on any atom is -0.508 e. The van der Waals surface area contributed by atoms with E-state index < -0.39 is 0 Å². The number of hydrogen-bond donors (Lipinski definition) is 3. The number of benzene rings is 2. The second-order valence-corrected chi connectivity index (χ2v) is 13.0. The van der Waals surface area contributed by atoms with Crippen LogP contribution in [0, 0.1) is 17.3 Å². The first kappa shape index (κ1) is 26.6. The summed E-state index contributed by atoms with van der Waals surface area (Å²) in [6, 6.07) is 15.4. The number of carbonyl (C=O) groups excluding carboxylic acids is 1. The minimum absolute atomic E-state index is 0.00522. The number of aryl methyl sites for hydroxylation is 2. The quantitative estimate of drug-likeness (QED) is 0.344. The molecule has 0 aliphatic heterocycles. The van der Waals surface area contributed by atoms with Crippen molar-refractivity contribution in [3.8, 4) is 5.75 Å². The molecule has 2 aromatic rings. The lowest BCUT2D eigenvalue weighted by Crippen LogP contribution is -2.47. The minimum atomic E-state index is -0.198. The number of hydrogen-bond acceptors (Lipinski definition) is 4. The van der Waals surface area contributed by atoms with Gasteiger partial charge in [0.25, 0.3) is 0 Å². The van der Waals surface area contributed by atoms with E-state index in [2.05, 4.69) is 42.6 Å². The van der Waals surface area contributed by atoms with E-state index in [1.807, 2.05) is 12.1 Å². The van der Waals surface area contributed by atoms with Crippen molar-refractivity contribution in [1.82, 2.24) is 5.32 Å². The van der Waals surface area contributed by atoms with Crippen LogP contribution in [0.5, 0.6) is 5.75 Å². The highest BCUT2D eigenvalue weighted by Crippen LogP contribution is 2.65. The van der Waals surface area contributed by atoms with Gasteiger partial charge in [0.1, 0.15) is 5.75 Å². The largest absolute Gasteiger partial charge is 0.508 e. The van der Waals surface area contributed by atoms with Crippen LogP contribution in [0.4, 0.5) is 0 Å². The van der Waals surface area contributed by atoms with E-state index in [9.17, 15) is 15.0 Å². The summed E-state index contributed by atoms with van der Waals surface area (Å²) >= 11 is 1.72. The summed E-state index contributed by atoms with van der Waals surface area (Å²) < 4.78 is 0. The molecule has 3 N–H and O–H groups in total. The van der Waals surface area contributed by atoms with Gasteiger partial charge in [-0.25, -0.2) is 0 Å². The molecule has 0 spiro atoms. The van der Waals surface area contributed by atoms with E-state index in [4.69, 9.17) is 0 Å². The Hall–Kier alpha value is -1.98. The fourth-order valence-electron chi connectivity index (χ4n) is 7.87. The van der Waals surface area contributed by atoms with Gasteiger partial charge >= 0.3 is 0 Å². The predicted molar refractivity (Wildman–Crippen MR) is 152 cm³/mol. The van der Waals surface area contributed by atoms with Gasteiger partial charge in [0.2, 0.25) is 5.91 Å². The number of aromatic hydroxyl groups is 1. The second kappa shape index (κ2) is 11.4. The van der Waals surface area contributed by atoms with E-state index in [0.29, 0.717) is 35.2 Å². The number of phenols is 1. The van der Waals surface area contributed by atoms with Crippen LogP contribution in [0.2, 0.25) is 0 Å². The first-order valence-electron chi connectivity index (χ1n) is 14.3. The third kappa shape index (κ3) is 5.45. The molecule has 3 aliphatic carbocycles. The standard InChI is InChI=1S/C32H43NO3S/c1-32-19-27(22-9-7-21(8-10-22)6-4-3-5-17-37-20-30(36)33-2)31-25-14-12-24(34)18-23(25)11-13-26(31)28(32)15-16-29(32)35/h7-10,12,14,18,26-29,31,34-35H,3-6,11,13,15-17,19-20H2,1-2H3,(H,33,36)/t26?,27-,28?,29+,31?,32+/m1/s1. The summed E-state index contributed by atoms with van der Waals surface area (Å²) in [5.74, 6) is 4.12. The third-order valence-corrected chi connectivity index (χ3v) is 10.9. The van der Waals surface area contributed by atoms with Crippen molar-refractivity contribution in [2.75, 3.05) is 18.6 Å². The SMILES string of the molecule is CNC(=O)CSCCCCCc1ccc([C@H]2C[C@@]3(C)C(CC[C@@H]3O)C3CCc4cc(O)ccc4C32)cc1. The molecule has 0 heterocycles. The van der Waals surface area contributed by atoms with Crippen LogP contribution in [0.15, 0.2) is 42.5 Å². The number of aliphatic hydroxyl groups excluding tert-OH is 1. The predicted octanol–water partition coefficient (Wildman–Crippen LogP) is 6.19. The van der Waals surface area contributed by atoms with Gasteiger partial charge < -0.3 is 15.5 Å². The second-order valence-electron chi connectivity index (χ2n) is 11.9. The maximum absolute atomic E-state index is 11.3. The molecule has 2 fully saturated rings. The molecular weight excluding hydrogens is 478 g/mol. The Kier molecular flexibility index (Phi) is 8.21. The average Bonchev–Trinajstić information content (AvgIpc) is 3.21. The van der Waals surface area contributed by atoms with E-state index in [0.717, 1.165) is 50.7 Å². The maximum Gasteiger partial charge on any atom is 0.229 e. The molecule has 2 saturated carbocycles. The van der Waals surface area contributed by atoms with E-state index >= 15 is 0 Å². The number of aliphatic hydroxyl groups is 1. The lowest BCUT2D eigenvalue weighted by Gasteiger charge is -2.54. The number of fused-ring (bicyclic) bond motifs is 5. The number of rotatable bonds is 9. The van der Waals surface area contributed by atoms with Crippen LogP contribution in [-0.2, 0) is 17.6 Å². The average molecular weight is 522 g/mol. The monoisotopic (exact) mass is 521 g/mol. The zero-order valence-corrected chi connectivity index (χ0v) is 23.2. The molecule has 0 radical (unpaired) electrons.